The lowest BCUT2D eigenvalue weighted by atomic mass is 9.75. The summed E-state index contributed by atoms with van der Waals surface area (Å²) in [6.07, 6.45) is 6.41. The number of likely N-dealkylation sites (tertiary alicyclic amines) is 1. The molecule has 0 unspecified atom stereocenters. The van der Waals surface area contributed by atoms with Crippen LogP contribution in [0.1, 0.15) is 48.8 Å². The first-order chi connectivity index (χ1) is 13.3. The van der Waals surface area contributed by atoms with Crippen molar-refractivity contribution in [3.63, 3.8) is 0 Å². The Kier molecular flexibility index (Phi) is 6.76. The molecule has 2 atom stereocenters. The van der Waals surface area contributed by atoms with Gasteiger partial charge in [0.05, 0.1) is 13.1 Å². The molecule has 5 nitrogen and oxygen atoms in total. The fraction of sp³-hybridized carbons (Fsp3) is 0.652. The van der Waals surface area contributed by atoms with E-state index in [1.54, 1.807) is 0 Å². The highest BCUT2D eigenvalue weighted by Gasteiger charge is 2.33. The highest BCUT2D eigenvalue weighted by Crippen LogP contribution is 2.36. The van der Waals surface area contributed by atoms with Gasteiger partial charge < -0.3 is 10.2 Å². The van der Waals surface area contributed by atoms with Crippen molar-refractivity contribution in [3.05, 3.63) is 28.8 Å². The molecule has 28 heavy (non-hydrogen) atoms. The van der Waals surface area contributed by atoms with Gasteiger partial charge in [-0.05, 0) is 63.6 Å². The van der Waals surface area contributed by atoms with Gasteiger partial charge in [0.1, 0.15) is 0 Å². The normalized spacial score (nSPS) is 22.1. The van der Waals surface area contributed by atoms with Crippen LogP contribution in [0.5, 0.6) is 0 Å². The molecule has 0 aromatic heterocycles. The van der Waals surface area contributed by atoms with Gasteiger partial charge in [-0.3, -0.25) is 14.5 Å². The van der Waals surface area contributed by atoms with Crippen LogP contribution in [0.4, 0.5) is 5.69 Å². The average Bonchev–Trinajstić information content (AvgIpc) is 2.64. The lowest BCUT2D eigenvalue weighted by molar-refractivity contribution is -0.135. The Morgan fingerprint density at radius 1 is 1.04 bits per heavy atom. The summed E-state index contributed by atoms with van der Waals surface area (Å²) in [5, 5.41) is 3.02. The first kappa shape index (κ1) is 20.8. The molecule has 0 spiro atoms. The number of nitrogens with one attached hydrogen (secondary N) is 1. The van der Waals surface area contributed by atoms with Gasteiger partial charge in [0.15, 0.2) is 0 Å². The second-order valence-corrected chi connectivity index (χ2v) is 8.93. The van der Waals surface area contributed by atoms with Gasteiger partial charge >= 0.3 is 0 Å². The SMILES string of the molecule is Cc1cc(C)c(NC(=O)CN(C)CC(=O)N2CC[C@@H]3CCCC[C@@H]3C2)c(C)c1. The van der Waals surface area contributed by atoms with E-state index < -0.39 is 0 Å². The van der Waals surface area contributed by atoms with Crippen LogP contribution in [-0.4, -0.2) is 54.8 Å². The topological polar surface area (TPSA) is 52.7 Å². The van der Waals surface area contributed by atoms with Crippen molar-refractivity contribution in [1.82, 2.24) is 9.80 Å². The number of rotatable bonds is 5. The van der Waals surface area contributed by atoms with Gasteiger partial charge in [-0.1, -0.05) is 37.0 Å². The van der Waals surface area contributed by atoms with Gasteiger partial charge in [0.2, 0.25) is 11.8 Å². The molecule has 1 aliphatic heterocycles. The molecule has 1 aromatic rings. The molecule has 5 heteroatoms. The lowest BCUT2D eigenvalue weighted by Gasteiger charge is -2.41. The average molecular weight is 386 g/mol. The molecule has 1 aliphatic carbocycles. The lowest BCUT2D eigenvalue weighted by Crippen LogP contribution is -2.48. The Morgan fingerprint density at radius 2 is 1.68 bits per heavy atom. The summed E-state index contributed by atoms with van der Waals surface area (Å²) in [6.45, 7) is 8.39. The Labute approximate surface area is 169 Å². The molecule has 1 saturated carbocycles. The standard InChI is InChI=1S/C23H35N3O2/c1-16-11-17(2)23(18(3)12-16)24-21(27)14-25(4)15-22(28)26-10-9-19-7-5-6-8-20(19)13-26/h11-12,19-20H,5-10,13-15H2,1-4H3,(H,24,27)/t19-,20+/m0/s1. The van der Waals surface area contributed by atoms with E-state index in [4.69, 9.17) is 0 Å². The van der Waals surface area contributed by atoms with Crippen molar-refractivity contribution in [2.45, 2.75) is 52.9 Å². The van der Waals surface area contributed by atoms with Crippen LogP contribution in [0.3, 0.4) is 0 Å². The van der Waals surface area contributed by atoms with Crippen LogP contribution in [0.2, 0.25) is 0 Å². The van der Waals surface area contributed by atoms with Gasteiger partial charge in [-0.15, -0.1) is 0 Å². The van der Waals surface area contributed by atoms with E-state index in [-0.39, 0.29) is 18.4 Å². The molecule has 2 aliphatic rings. The van der Waals surface area contributed by atoms with E-state index in [0.717, 1.165) is 42.2 Å². The molecule has 2 fully saturated rings. The molecule has 154 valence electrons. The zero-order valence-corrected chi connectivity index (χ0v) is 17.9. The summed E-state index contributed by atoms with van der Waals surface area (Å²) < 4.78 is 0. The molecule has 1 aromatic carbocycles. The van der Waals surface area contributed by atoms with Gasteiger partial charge in [0, 0.05) is 18.8 Å². The molecule has 1 N–H and O–H groups in total. The van der Waals surface area contributed by atoms with Crippen molar-refractivity contribution in [2.75, 3.05) is 38.5 Å². The molecular weight excluding hydrogens is 350 g/mol. The van der Waals surface area contributed by atoms with E-state index in [2.05, 4.69) is 24.4 Å². The Morgan fingerprint density at radius 3 is 2.36 bits per heavy atom. The maximum atomic E-state index is 12.7. The summed E-state index contributed by atoms with van der Waals surface area (Å²) in [6, 6.07) is 4.15. The largest absolute Gasteiger partial charge is 0.341 e. The fourth-order valence-corrected chi connectivity index (χ4v) is 5.02. The first-order valence-corrected chi connectivity index (χ1v) is 10.7. The third kappa shape index (κ3) is 5.13. The number of likely N-dealkylation sites (N-methyl/N-ethyl adjacent to an activating group) is 1. The highest BCUT2D eigenvalue weighted by molar-refractivity contribution is 5.94. The summed E-state index contributed by atoms with van der Waals surface area (Å²) in [4.78, 5) is 29.0. The summed E-state index contributed by atoms with van der Waals surface area (Å²) in [7, 11) is 1.85. The van der Waals surface area contributed by atoms with Crippen molar-refractivity contribution < 1.29 is 9.59 Å². The van der Waals surface area contributed by atoms with E-state index >= 15 is 0 Å². The minimum atomic E-state index is -0.0728. The van der Waals surface area contributed by atoms with E-state index in [1.165, 1.54) is 31.2 Å². The minimum absolute atomic E-state index is 0.0728. The van der Waals surface area contributed by atoms with Crippen LogP contribution in [-0.2, 0) is 9.59 Å². The molecule has 0 bridgehead atoms. The van der Waals surface area contributed by atoms with E-state index in [1.807, 2.05) is 30.7 Å². The number of piperidine rings is 1. The van der Waals surface area contributed by atoms with Crippen molar-refractivity contribution in [3.8, 4) is 0 Å². The molecular formula is C23H35N3O2. The number of anilines is 1. The number of benzene rings is 1. The number of amides is 2. The fourth-order valence-electron chi connectivity index (χ4n) is 5.02. The zero-order valence-electron chi connectivity index (χ0n) is 17.9. The predicted octanol–water partition coefficient (Wildman–Crippen LogP) is 3.52. The maximum absolute atomic E-state index is 12.7. The van der Waals surface area contributed by atoms with Gasteiger partial charge in [0.25, 0.3) is 0 Å². The van der Waals surface area contributed by atoms with Gasteiger partial charge in [-0.2, -0.15) is 0 Å². The molecule has 3 rings (SSSR count). The van der Waals surface area contributed by atoms with Crippen LogP contribution in [0.25, 0.3) is 0 Å². The second kappa shape index (κ2) is 9.08. The summed E-state index contributed by atoms with van der Waals surface area (Å²) in [5.74, 6) is 1.59. The Bertz CT molecular complexity index is 708. The molecule has 0 radical (unpaired) electrons. The number of carbonyl (C=O) groups is 2. The second-order valence-electron chi connectivity index (χ2n) is 8.93. The van der Waals surface area contributed by atoms with Crippen LogP contribution >= 0.6 is 0 Å². The van der Waals surface area contributed by atoms with Crippen LogP contribution in [0, 0.1) is 32.6 Å². The Balaban J connectivity index is 1.49. The van der Waals surface area contributed by atoms with Gasteiger partial charge in [-0.25, -0.2) is 0 Å². The number of hydrogen-bond donors (Lipinski definition) is 1. The summed E-state index contributed by atoms with van der Waals surface area (Å²) in [5.41, 5.74) is 4.21. The molecule has 1 saturated heterocycles. The Hall–Kier alpha value is -1.88. The first-order valence-electron chi connectivity index (χ1n) is 10.7. The maximum Gasteiger partial charge on any atom is 0.238 e. The molecule has 2 amide bonds. The van der Waals surface area contributed by atoms with Crippen LogP contribution in [0.15, 0.2) is 12.1 Å². The van der Waals surface area contributed by atoms with Crippen molar-refractivity contribution in [1.29, 1.82) is 0 Å². The van der Waals surface area contributed by atoms with E-state index in [9.17, 15) is 9.59 Å². The number of fused-ring (bicyclic) bond motifs is 1. The minimum Gasteiger partial charge on any atom is -0.341 e. The van der Waals surface area contributed by atoms with Crippen molar-refractivity contribution >= 4 is 17.5 Å². The monoisotopic (exact) mass is 385 g/mol. The third-order valence-electron chi connectivity index (χ3n) is 6.40. The number of hydrogen-bond acceptors (Lipinski definition) is 3. The number of nitrogens with zero attached hydrogens (tertiary/aromatic N) is 2. The predicted molar refractivity (Wildman–Crippen MR) is 113 cm³/mol. The van der Waals surface area contributed by atoms with Crippen molar-refractivity contribution in [2.24, 2.45) is 11.8 Å². The third-order valence-corrected chi connectivity index (χ3v) is 6.40. The van der Waals surface area contributed by atoms with E-state index in [0.29, 0.717) is 12.5 Å². The quantitative estimate of drug-likeness (QED) is 0.844. The summed E-state index contributed by atoms with van der Waals surface area (Å²) >= 11 is 0. The highest BCUT2D eigenvalue weighted by atomic mass is 16.2. The smallest absolute Gasteiger partial charge is 0.238 e. The molecule has 1 heterocycles. The van der Waals surface area contributed by atoms with Crippen LogP contribution < -0.4 is 5.32 Å². The number of carbonyl (C=O) groups excluding carboxylic acids is 2. The zero-order chi connectivity index (χ0) is 20.3. The number of aryl methyl sites for hydroxylation is 3.